The van der Waals surface area contributed by atoms with Crippen LogP contribution in [0.1, 0.15) is 0 Å². The molecular weight excluding hydrogens is 221 g/mol. The third kappa shape index (κ3) is 2.69. The molecule has 0 saturated carbocycles. The fourth-order valence-corrected chi connectivity index (χ4v) is 0.345. The molecule has 0 atom stereocenters. The summed E-state index contributed by atoms with van der Waals surface area (Å²) in [6, 6.07) is 0. The Bertz CT molecular complexity index is 128. The van der Waals surface area contributed by atoms with Gasteiger partial charge in [0.05, 0.1) is 29.4 Å². The van der Waals surface area contributed by atoms with E-state index in [9.17, 15) is 4.79 Å². The summed E-state index contributed by atoms with van der Waals surface area (Å²) in [6.45, 7) is 0.135. The number of amides is 1. The summed E-state index contributed by atoms with van der Waals surface area (Å²) in [4.78, 5) is 9.91. The first kappa shape index (κ1) is 7.56. The van der Waals surface area contributed by atoms with E-state index in [4.69, 9.17) is 11.5 Å². The number of carbonyl (C=O) groups is 1. The van der Waals surface area contributed by atoms with E-state index in [0.29, 0.717) is 0 Å². The predicted molar refractivity (Wildman–Crippen MR) is 37.6 cm³/mol. The van der Waals surface area contributed by atoms with Gasteiger partial charge in [-0.15, -0.1) is 6.42 Å². The lowest BCUT2D eigenvalue weighted by molar-refractivity contribution is 0.182. The van der Waals surface area contributed by atoms with Crippen LogP contribution in [0.4, 0.5) is 4.79 Å². The average Bonchev–Trinajstić information content (AvgIpc) is 1.67. The Morgan fingerprint density at radius 1 is 2.00 bits per heavy atom. The average molecular weight is 225 g/mol. The molecule has 0 unspecified atom stereocenters. The fraction of sp³-hybridized carbons (Fsp3) is 0.250. The highest BCUT2D eigenvalue weighted by Crippen LogP contribution is 1.95. The molecule has 0 rings (SSSR count). The Morgan fingerprint density at radius 3 is 2.62 bits per heavy atom. The van der Waals surface area contributed by atoms with Crippen molar-refractivity contribution in [1.82, 2.24) is 3.11 Å². The van der Waals surface area contributed by atoms with Gasteiger partial charge in [-0.1, -0.05) is 5.92 Å². The number of carboxylic acid groups (broad SMARTS) is 1. The molecule has 0 aromatic rings. The van der Waals surface area contributed by atoms with Gasteiger partial charge >= 0.3 is 6.09 Å². The summed E-state index contributed by atoms with van der Waals surface area (Å²) in [7, 11) is 0. The number of hydrogen-bond acceptors (Lipinski definition) is 1. The summed E-state index contributed by atoms with van der Waals surface area (Å²) >= 11 is 1.62. The molecule has 0 spiro atoms. The van der Waals surface area contributed by atoms with Crippen LogP contribution < -0.4 is 0 Å². The van der Waals surface area contributed by atoms with Crippen LogP contribution in [-0.4, -0.2) is 20.9 Å². The summed E-state index contributed by atoms with van der Waals surface area (Å²) in [5, 5.41) is 8.14. The van der Waals surface area contributed by atoms with Crippen molar-refractivity contribution in [3.63, 3.8) is 0 Å². The van der Waals surface area contributed by atoms with Crippen LogP contribution in [0.5, 0.6) is 0 Å². The molecule has 1 amide bonds. The van der Waals surface area contributed by atoms with E-state index >= 15 is 0 Å². The van der Waals surface area contributed by atoms with E-state index in [0.717, 1.165) is 3.11 Å². The molecule has 0 radical (unpaired) electrons. The van der Waals surface area contributed by atoms with Crippen molar-refractivity contribution in [1.29, 1.82) is 0 Å². The fourth-order valence-electron chi connectivity index (χ4n) is 0.148. The smallest absolute Gasteiger partial charge is 0.417 e. The molecule has 4 heteroatoms. The Kier molecular flexibility index (Phi) is 3.35. The number of rotatable bonds is 1. The highest BCUT2D eigenvalue weighted by Gasteiger charge is 2.02. The van der Waals surface area contributed by atoms with Crippen LogP contribution in [0.15, 0.2) is 0 Å². The van der Waals surface area contributed by atoms with Gasteiger partial charge < -0.3 is 5.11 Å². The second-order valence-corrected chi connectivity index (χ2v) is 2.17. The van der Waals surface area contributed by atoms with E-state index in [1.165, 1.54) is 0 Å². The summed E-state index contributed by atoms with van der Waals surface area (Å²) in [5.41, 5.74) is 0. The van der Waals surface area contributed by atoms with Crippen molar-refractivity contribution in [3.05, 3.63) is 0 Å². The first-order chi connectivity index (χ1) is 3.68. The van der Waals surface area contributed by atoms with E-state index in [2.05, 4.69) is 5.92 Å². The van der Waals surface area contributed by atoms with Gasteiger partial charge in [0.15, 0.2) is 0 Å². The van der Waals surface area contributed by atoms with E-state index in [1.54, 1.807) is 22.9 Å². The summed E-state index contributed by atoms with van der Waals surface area (Å²) in [6.07, 6.45) is 3.80. The second-order valence-electron chi connectivity index (χ2n) is 1.01. The molecule has 8 heavy (non-hydrogen) atoms. The SMILES string of the molecule is C#CCN(I)C(=O)O. The zero-order valence-electron chi connectivity index (χ0n) is 3.97. The quantitative estimate of drug-likeness (QED) is 0.410. The number of hydrogen-bond donors (Lipinski definition) is 1. The third-order valence-electron chi connectivity index (χ3n) is 0.438. The molecule has 0 aliphatic rings. The minimum absolute atomic E-state index is 0.135. The molecule has 1 N–H and O–H groups in total. The lowest BCUT2D eigenvalue weighted by Gasteiger charge is -2.02. The van der Waals surface area contributed by atoms with Crippen molar-refractivity contribution in [2.24, 2.45) is 0 Å². The van der Waals surface area contributed by atoms with Gasteiger partial charge in [-0.05, 0) is 0 Å². The maximum Gasteiger partial charge on any atom is 0.417 e. The van der Waals surface area contributed by atoms with Gasteiger partial charge in [0, 0.05) is 0 Å². The zero-order valence-corrected chi connectivity index (χ0v) is 6.12. The molecule has 44 valence electrons. The minimum Gasteiger partial charge on any atom is -0.464 e. The third-order valence-corrected chi connectivity index (χ3v) is 1.19. The highest BCUT2D eigenvalue weighted by molar-refractivity contribution is 14.1. The topological polar surface area (TPSA) is 40.5 Å². The Hall–Kier alpha value is -0.440. The molecule has 0 aromatic carbocycles. The zero-order chi connectivity index (χ0) is 6.57. The van der Waals surface area contributed by atoms with Crippen LogP contribution >= 0.6 is 22.9 Å². The van der Waals surface area contributed by atoms with Crippen molar-refractivity contribution < 1.29 is 9.90 Å². The molecule has 0 aromatic heterocycles. The predicted octanol–water partition coefficient (Wildman–Crippen LogP) is 0.950. The van der Waals surface area contributed by atoms with Gasteiger partial charge in [0.1, 0.15) is 0 Å². The van der Waals surface area contributed by atoms with Crippen molar-refractivity contribution >= 4 is 29.0 Å². The van der Waals surface area contributed by atoms with Crippen molar-refractivity contribution in [2.45, 2.75) is 0 Å². The Morgan fingerprint density at radius 2 is 2.50 bits per heavy atom. The minimum atomic E-state index is -1.01. The maximum absolute atomic E-state index is 9.91. The molecule has 0 heterocycles. The van der Waals surface area contributed by atoms with Crippen LogP contribution in [0.2, 0.25) is 0 Å². The van der Waals surface area contributed by atoms with Crippen molar-refractivity contribution in [2.75, 3.05) is 6.54 Å². The number of terminal acetylenes is 1. The van der Waals surface area contributed by atoms with Crippen LogP contribution in [0.3, 0.4) is 0 Å². The van der Waals surface area contributed by atoms with Gasteiger partial charge in [-0.3, -0.25) is 0 Å². The lowest BCUT2D eigenvalue weighted by Crippen LogP contribution is -2.17. The van der Waals surface area contributed by atoms with E-state index in [-0.39, 0.29) is 6.54 Å². The molecule has 3 nitrogen and oxygen atoms in total. The first-order valence-corrected chi connectivity index (χ1v) is 2.74. The largest absolute Gasteiger partial charge is 0.464 e. The monoisotopic (exact) mass is 225 g/mol. The second kappa shape index (κ2) is 3.55. The molecular formula is C4H4INO2. The maximum atomic E-state index is 9.91. The van der Waals surface area contributed by atoms with Crippen LogP contribution in [0.25, 0.3) is 0 Å². The first-order valence-electron chi connectivity index (χ1n) is 1.78. The molecule has 0 bridgehead atoms. The van der Waals surface area contributed by atoms with Gasteiger partial charge in [0.2, 0.25) is 0 Å². The van der Waals surface area contributed by atoms with Gasteiger partial charge in [-0.2, -0.15) is 0 Å². The van der Waals surface area contributed by atoms with Crippen molar-refractivity contribution in [3.8, 4) is 12.3 Å². The standard InChI is InChI=1S/C4H4INO2/c1-2-3-6(5)4(7)8/h1H,3H2,(H,7,8). The summed E-state index contributed by atoms with van der Waals surface area (Å²) < 4.78 is 0.998. The number of nitrogens with zero attached hydrogens (tertiary/aromatic N) is 1. The van der Waals surface area contributed by atoms with Crippen LogP contribution in [-0.2, 0) is 0 Å². The van der Waals surface area contributed by atoms with Gasteiger partial charge in [0.25, 0.3) is 0 Å². The van der Waals surface area contributed by atoms with Gasteiger partial charge in [-0.25, -0.2) is 7.91 Å². The number of halogens is 1. The van der Waals surface area contributed by atoms with E-state index < -0.39 is 6.09 Å². The molecule has 0 saturated heterocycles. The molecule has 0 aliphatic carbocycles. The van der Waals surface area contributed by atoms with E-state index in [1.807, 2.05) is 0 Å². The molecule has 0 aliphatic heterocycles. The summed E-state index contributed by atoms with van der Waals surface area (Å²) in [5.74, 6) is 2.19. The highest BCUT2D eigenvalue weighted by atomic mass is 127. The Balaban J connectivity index is 3.52. The normalized spacial score (nSPS) is 7.50. The molecule has 0 fully saturated rings. The Labute approximate surface area is 61.2 Å². The van der Waals surface area contributed by atoms with Crippen LogP contribution in [0, 0.1) is 12.3 Å². The lowest BCUT2D eigenvalue weighted by atomic mass is 10.7.